The number of benzene rings is 1. The van der Waals surface area contributed by atoms with Crippen molar-refractivity contribution < 1.29 is 0 Å². The molecule has 0 aliphatic rings. The first kappa shape index (κ1) is 9.57. The van der Waals surface area contributed by atoms with E-state index in [0.29, 0.717) is 15.9 Å². The number of rotatable bonds is 1. The van der Waals surface area contributed by atoms with Crippen LogP contribution < -0.4 is 0 Å². The molecule has 1 rings (SSSR count). The van der Waals surface area contributed by atoms with Gasteiger partial charge in [0.15, 0.2) is 0 Å². The lowest BCUT2D eigenvalue weighted by Gasteiger charge is -2.04. The van der Waals surface area contributed by atoms with E-state index in [0.717, 1.165) is 11.1 Å². The van der Waals surface area contributed by atoms with Gasteiger partial charge in [0.25, 0.3) is 0 Å². The number of aryl methyl sites for hydroxylation is 1. The first-order chi connectivity index (χ1) is 5.70. The second kappa shape index (κ2) is 3.93. The van der Waals surface area contributed by atoms with Crippen molar-refractivity contribution in [1.29, 1.82) is 5.26 Å². The van der Waals surface area contributed by atoms with Crippen LogP contribution in [0.1, 0.15) is 16.7 Å². The summed E-state index contributed by atoms with van der Waals surface area (Å²) >= 11 is 9.29. The van der Waals surface area contributed by atoms with Crippen molar-refractivity contribution in [3.05, 3.63) is 33.8 Å². The molecule has 0 saturated heterocycles. The van der Waals surface area contributed by atoms with Gasteiger partial charge in [-0.3, -0.25) is 0 Å². The average Bonchev–Trinajstić information content (AvgIpc) is 2.09. The maximum atomic E-state index is 8.74. The van der Waals surface area contributed by atoms with Crippen molar-refractivity contribution in [3.63, 3.8) is 0 Å². The number of hydrogen-bond acceptors (Lipinski definition) is 1. The molecule has 0 spiro atoms. The summed E-state index contributed by atoms with van der Waals surface area (Å²) in [7, 11) is 0. The molecule has 0 N–H and O–H groups in total. The van der Waals surface area contributed by atoms with Crippen molar-refractivity contribution in [2.24, 2.45) is 0 Å². The van der Waals surface area contributed by atoms with E-state index >= 15 is 0 Å². The molecule has 62 valence electrons. The van der Waals surface area contributed by atoms with Crippen LogP contribution in [0.25, 0.3) is 0 Å². The third-order valence-electron chi connectivity index (χ3n) is 1.69. The molecule has 0 bridgehead atoms. The Hall–Kier alpha value is -0.520. The van der Waals surface area contributed by atoms with E-state index in [1.54, 1.807) is 6.07 Å². The molecule has 0 aliphatic heterocycles. The molecular weight excluding hydrogens is 237 g/mol. The van der Waals surface area contributed by atoms with E-state index in [4.69, 9.17) is 16.9 Å². The van der Waals surface area contributed by atoms with Gasteiger partial charge in [-0.2, -0.15) is 5.26 Å². The molecule has 1 aromatic carbocycles. The van der Waals surface area contributed by atoms with Crippen LogP contribution in [-0.2, 0) is 5.33 Å². The third-order valence-corrected chi connectivity index (χ3v) is 2.78. The fraction of sp³-hybridized carbons (Fsp3) is 0.222. The van der Waals surface area contributed by atoms with Crippen LogP contribution >= 0.6 is 27.5 Å². The van der Waals surface area contributed by atoms with Gasteiger partial charge in [-0.1, -0.05) is 33.6 Å². The largest absolute Gasteiger partial charge is 0.192 e. The highest BCUT2D eigenvalue weighted by molar-refractivity contribution is 9.08. The van der Waals surface area contributed by atoms with Gasteiger partial charge in [-0.25, -0.2) is 0 Å². The van der Waals surface area contributed by atoms with Gasteiger partial charge in [-0.15, -0.1) is 0 Å². The first-order valence-corrected chi connectivity index (χ1v) is 4.94. The smallest absolute Gasteiger partial charge is 0.0995 e. The lowest BCUT2D eigenvalue weighted by atomic mass is 10.1. The number of hydrogen-bond donors (Lipinski definition) is 0. The van der Waals surface area contributed by atoms with E-state index in [2.05, 4.69) is 22.0 Å². The topological polar surface area (TPSA) is 23.8 Å². The standard InChI is InChI=1S/C9H7BrClN/c1-6-2-3-7(5-12)8(4-10)9(6)11/h2-3H,4H2,1H3. The summed E-state index contributed by atoms with van der Waals surface area (Å²) in [6.45, 7) is 1.93. The summed E-state index contributed by atoms with van der Waals surface area (Å²) in [5.74, 6) is 0. The summed E-state index contributed by atoms with van der Waals surface area (Å²) in [5, 5.41) is 10.0. The van der Waals surface area contributed by atoms with Crippen LogP contribution in [0.5, 0.6) is 0 Å². The molecule has 1 nitrogen and oxygen atoms in total. The van der Waals surface area contributed by atoms with Gasteiger partial charge in [0.1, 0.15) is 0 Å². The Kier molecular flexibility index (Phi) is 3.13. The van der Waals surface area contributed by atoms with Crippen molar-refractivity contribution >= 4 is 27.5 Å². The Morgan fingerprint density at radius 3 is 2.75 bits per heavy atom. The maximum absolute atomic E-state index is 8.74. The number of nitrogens with zero attached hydrogens (tertiary/aromatic N) is 1. The molecule has 0 heterocycles. The molecule has 1 aromatic rings. The summed E-state index contributed by atoms with van der Waals surface area (Å²) in [5.41, 5.74) is 2.52. The monoisotopic (exact) mass is 243 g/mol. The van der Waals surface area contributed by atoms with Gasteiger partial charge in [0.05, 0.1) is 11.6 Å². The number of nitriles is 1. The summed E-state index contributed by atoms with van der Waals surface area (Å²) < 4.78 is 0. The van der Waals surface area contributed by atoms with Gasteiger partial charge >= 0.3 is 0 Å². The molecule has 3 heteroatoms. The molecule has 0 fully saturated rings. The van der Waals surface area contributed by atoms with Crippen LogP contribution in [0.2, 0.25) is 5.02 Å². The fourth-order valence-electron chi connectivity index (χ4n) is 0.974. The molecular formula is C9H7BrClN. The molecule has 0 saturated carbocycles. The lowest BCUT2D eigenvalue weighted by Crippen LogP contribution is -1.89. The second-order valence-electron chi connectivity index (χ2n) is 2.47. The molecule has 0 aromatic heterocycles. The molecule has 0 amide bonds. The Bertz CT molecular complexity index is 341. The van der Waals surface area contributed by atoms with Gasteiger partial charge < -0.3 is 0 Å². The first-order valence-electron chi connectivity index (χ1n) is 3.44. The number of alkyl halides is 1. The van der Waals surface area contributed by atoms with Crippen LogP contribution in [0.3, 0.4) is 0 Å². The van der Waals surface area contributed by atoms with E-state index in [1.165, 1.54) is 0 Å². The molecule has 0 unspecified atom stereocenters. The highest BCUT2D eigenvalue weighted by Gasteiger charge is 2.07. The summed E-state index contributed by atoms with van der Waals surface area (Å²) in [6, 6.07) is 5.74. The van der Waals surface area contributed by atoms with Gasteiger partial charge in [0.2, 0.25) is 0 Å². The minimum absolute atomic E-state index is 0.621. The Balaban J connectivity index is 3.38. The minimum Gasteiger partial charge on any atom is -0.192 e. The van der Waals surface area contributed by atoms with Crippen molar-refractivity contribution in [2.75, 3.05) is 0 Å². The number of halogens is 2. The Labute approximate surface area is 85.1 Å². The molecule has 12 heavy (non-hydrogen) atoms. The fourth-order valence-corrected chi connectivity index (χ4v) is 1.95. The predicted molar refractivity (Wildman–Crippen MR) is 53.5 cm³/mol. The average molecular weight is 245 g/mol. The SMILES string of the molecule is Cc1ccc(C#N)c(CBr)c1Cl. The van der Waals surface area contributed by atoms with Crippen LogP contribution in [-0.4, -0.2) is 0 Å². The normalized spacial score (nSPS) is 9.50. The maximum Gasteiger partial charge on any atom is 0.0995 e. The van der Waals surface area contributed by atoms with E-state index in [-0.39, 0.29) is 0 Å². The Morgan fingerprint density at radius 1 is 1.58 bits per heavy atom. The van der Waals surface area contributed by atoms with Gasteiger partial charge in [0, 0.05) is 10.4 Å². The zero-order valence-corrected chi connectivity index (χ0v) is 8.91. The van der Waals surface area contributed by atoms with Crippen molar-refractivity contribution in [2.45, 2.75) is 12.3 Å². The predicted octanol–water partition coefficient (Wildman–Crippen LogP) is 3.42. The highest BCUT2D eigenvalue weighted by atomic mass is 79.9. The lowest BCUT2D eigenvalue weighted by molar-refractivity contribution is 1.33. The Morgan fingerprint density at radius 2 is 2.25 bits per heavy atom. The van der Waals surface area contributed by atoms with E-state index < -0.39 is 0 Å². The van der Waals surface area contributed by atoms with E-state index in [9.17, 15) is 0 Å². The third kappa shape index (κ3) is 1.63. The van der Waals surface area contributed by atoms with Crippen LogP contribution in [0, 0.1) is 18.3 Å². The van der Waals surface area contributed by atoms with Gasteiger partial charge in [-0.05, 0) is 24.1 Å². The summed E-state index contributed by atoms with van der Waals surface area (Å²) in [4.78, 5) is 0. The zero-order chi connectivity index (χ0) is 9.14. The van der Waals surface area contributed by atoms with Crippen molar-refractivity contribution in [1.82, 2.24) is 0 Å². The minimum atomic E-state index is 0.621. The second-order valence-corrected chi connectivity index (χ2v) is 3.41. The summed E-state index contributed by atoms with van der Waals surface area (Å²) in [6.07, 6.45) is 0. The molecule has 0 radical (unpaired) electrons. The molecule has 0 atom stereocenters. The highest BCUT2D eigenvalue weighted by Crippen LogP contribution is 2.25. The zero-order valence-electron chi connectivity index (χ0n) is 6.56. The van der Waals surface area contributed by atoms with Crippen LogP contribution in [0.15, 0.2) is 12.1 Å². The van der Waals surface area contributed by atoms with E-state index in [1.807, 2.05) is 13.0 Å². The molecule has 0 aliphatic carbocycles. The van der Waals surface area contributed by atoms with Crippen LogP contribution in [0.4, 0.5) is 0 Å². The van der Waals surface area contributed by atoms with Crippen molar-refractivity contribution in [3.8, 4) is 6.07 Å². The quantitative estimate of drug-likeness (QED) is 0.695.